The molecular weight excluding hydrogens is 154 g/mol. The summed E-state index contributed by atoms with van der Waals surface area (Å²) < 4.78 is 0. The van der Waals surface area contributed by atoms with Crippen LogP contribution in [0.2, 0.25) is 0 Å². The van der Waals surface area contributed by atoms with Crippen LogP contribution in [0.3, 0.4) is 0 Å². The van der Waals surface area contributed by atoms with E-state index in [9.17, 15) is 4.79 Å². The van der Waals surface area contributed by atoms with E-state index in [4.69, 9.17) is 5.21 Å². The molecule has 0 saturated carbocycles. The Morgan fingerprint density at radius 2 is 2.08 bits per heavy atom. The van der Waals surface area contributed by atoms with Crippen LogP contribution in [0.4, 0.5) is 0 Å². The van der Waals surface area contributed by atoms with Crippen molar-refractivity contribution in [2.24, 2.45) is 5.92 Å². The van der Waals surface area contributed by atoms with Crippen LogP contribution >= 0.6 is 0 Å². The molecule has 12 heavy (non-hydrogen) atoms. The Morgan fingerprint density at radius 1 is 1.42 bits per heavy atom. The van der Waals surface area contributed by atoms with Gasteiger partial charge in [0.2, 0.25) is 5.91 Å². The summed E-state index contributed by atoms with van der Waals surface area (Å²) in [5.74, 6) is -0.335. The molecule has 3 nitrogen and oxygen atoms in total. The number of hydrogen-bond acceptors (Lipinski definition) is 2. The standard InChI is InChI=1S/C9H19NO2/c1-3-4-5-6-7-8(2)9(11)10-12/h8,12H,3-7H2,1-2H3,(H,10,11). The lowest BCUT2D eigenvalue weighted by molar-refractivity contribution is -0.133. The first-order valence-electron chi connectivity index (χ1n) is 4.66. The first kappa shape index (κ1) is 11.4. The normalized spacial score (nSPS) is 12.6. The molecule has 0 saturated heterocycles. The van der Waals surface area contributed by atoms with Gasteiger partial charge >= 0.3 is 0 Å². The number of nitrogens with one attached hydrogen (secondary N) is 1. The van der Waals surface area contributed by atoms with Gasteiger partial charge in [0.1, 0.15) is 0 Å². The Bertz CT molecular complexity index is 126. The smallest absolute Gasteiger partial charge is 0.246 e. The third-order valence-corrected chi connectivity index (χ3v) is 2.05. The Kier molecular flexibility index (Phi) is 6.76. The molecule has 0 aromatic heterocycles. The van der Waals surface area contributed by atoms with Gasteiger partial charge in [-0.15, -0.1) is 0 Å². The van der Waals surface area contributed by atoms with E-state index < -0.39 is 0 Å². The largest absolute Gasteiger partial charge is 0.289 e. The fourth-order valence-corrected chi connectivity index (χ4v) is 1.12. The van der Waals surface area contributed by atoms with Crippen LogP contribution in [0.5, 0.6) is 0 Å². The van der Waals surface area contributed by atoms with Crippen LogP contribution in [0.15, 0.2) is 0 Å². The van der Waals surface area contributed by atoms with Crippen molar-refractivity contribution in [1.29, 1.82) is 0 Å². The molecule has 1 amide bonds. The fourth-order valence-electron chi connectivity index (χ4n) is 1.12. The highest BCUT2D eigenvalue weighted by atomic mass is 16.5. The zero-order valence-electron chi connectivity index (χ0n) is 7.97. The van der Waals surface area contributed by atoms with Crippen molar-refractivity contribution >= 4 is 5.91 Å². The minimum absolute atomic E-state index is 0.0631. The first-order valence-corrected chi connectivity index (χ1v) is 4.66. The van der Waals surface area contributed by atoms with Crippen molar-refractivity contribution in [3.8, 4) is 0 Å². The average molecular weight is 173 g/mol. The molecule has 3 heteroatoms. The minimum atomic E-state index is -0.272. The van der Waals surface area contributed by atoms with Gasteiger partial charge in [0.15, 0.2) is 0 Å². The summed E-state index contributed by atoms with van der Waals surface area (Å²) in [6.45, 7) is 3.99. The number of carbonyl (C=O) groups is 1. The van der Waals surface area contributed by atoms with E-state index in [1.807, 2.05) is 6.92 Å². The van der Waals surface area contributed by atoms with E-state index in [2.05, 4.69) is 6.92 Å². The van der Waals surface area contributed by atoms with Gasteiger partial charge in [0.25, 0.3) is 0 Å². The molecule has 1 unspecified atom stereocenters. The Balaban J connectivity index is 3.31. The SMILES string of the molecule is CCCCCCC(C)C(=O)NO. The van der Waals surface area contributed by atoms with Gasteiger partial charge in [-0.05, 0) is 6.42 Å². The molecule has 0 aromatic rings. The van der Waals surface area contributed by atoms with Crippen molar-refractivity contribution in [3.63, 3.8) is 0 Å². The molecule has 0 rings (SSSR count). The second-order valence-electron chi connectivity index (χ2n) is 3.23. The third-order valence-electron chi connectivity index (χ3n) is 2.05. The number of carbonyl (C=O) groups excluding carboxylic acids is 1. The van der Waals surface area contributed by atoms with E-state index in [1.165, 1.54) is 19.3 Å². The zero-order valence-corrected chi connectivity index (χ0v) is 7.97. The third kappa shape index (κ3) is 5.13. The second-order valence-corrected chi connectivity index (χ2v) is 3.23. The molecule has 0 aromatic carbocycles. The molecular formula is C9H19NO2. The highest BCUT2D eigenvalue weighted by molar-refractivity contribution is 5.76. The Hall–Kier alpha value is -0.570. The topological polar surface area (TPSA) is 49.3 Å². The highest BCUT2D eigenvalue weighted by Crippen LogP contribution is 2.09. The van der Waals surface area contributed by atoms with Gasteiger partial charge < -0.3 is 0 Å². The molecule has 0 spiro atoms. The van der Waals surface area contributed by atoms with Crippen molar-refractivity contribution in [2.45, 2.75) is 46.0 Å². The van der Waals surface area contributed by atoms with Crippen molar-refractivity contribution in [1.82, 2.24) is 5.48 Å². The molecule has 0 bridgehead atoms. The lowest BCUT2D eigenvalue weighted by atomic mass is 10.0. The number of hydrogen-bond donors (Lipinski definition) is 2. The molecule has 72 valence electrons. The van der Waals surface area contributed by atoms with Crippen molar-refractivity contribution in [3.05, 3.63) is 0 Å². The number of amides is 1. The monoisotopic (exact) mass is 173 g/mol. The molecule has 0 aliphatic rings. The van der Waals surface area contributed by atoms with E-state index in [0.29, 0.717) is 0 Å². The predicted octanol–water partition coefficient (Wildman–Crippen LogP) is 2.10. The lowest BCUT2D eigenvalue weighted by Gasteiger charge is -2.07. The summed E-state index contributed by atoms with van der Waals surface area (Å²) >= 11 is 0. The molecule has 0 heterocycles. The van der Waals surface area contributed by atoms with E-state index in [-0.39, 0.29) is 11.8 Å². The highest BCUT2D eigenvalue weighted by Gasteiger charge is 2.10. The summed E-state index contributed by atoms with van der Waals surface area (Å²) in [4.78, 5) is 10.8. The van der Waals surface area contributed by atoms with E-state index in [1.54, 1.807) is 5.48 Å². The summed E-state index contributed by atoms with van der Waals surface area (Å²) in [6, 6.07) is 0. The quantitative estimate of drug-likeness (QED) is 0.367. The maximum absolute atomic E-state index is 10.8. The fraction of sp³-hybridized carbons (Fsp3) is 0.889. The molecule has 2 N–H and O–H groups in total. The molecule has 0 radical (unpaired) electrons. The number of unbranched alkanes of at least 4 members (excludes halogenated alkanes) is 3. The van der Waals surface area contributed by atoms with Gasteiger partial charge in [0.05, 0.1) is 0 Å². The van der Waals surface area contributed by atoms with Crippen LogP contribution in [0.1, 0.15) is 46.0 Å². The zero-order chi connectivity index (χ0) is 9.40. The molecule has 0 aliphatic carbocycles. The maximum Gasteiger partial charge on any atom is 0.246 e. The van der Waals surface area contributed by atoms with Gasteiger partial charge in [-0.3, -0.25) is 10.0 Å². The minimum Gasteiger partial charge on any atom is -0.289 e. The van der Waals surface area contributed by atoms with Crippen LogP contribution in [-0.4, -0.2) is 11.1 Å². The summed E-state index contributed by atoms with van der Waals surface area (Å²) in [5, 5.41) is 8.31. The lowest BCUT2D eigenvalue weighted by Crippen LogP contribution is -2.25. The van der Waals surface area contributed by atoms with Gasteiger partial charge in [-0.2, -0.15) is 0 Å². The van der Waals surface area contributed by atoms with Crippen molar-refractivity contribution < 1.29 is 10.0 Å². The van der Waals surface area contributed by atoms with Gasteiger partial charge in [-0.1, -0.05) is 39.5 Å². The average Bonchev–Trinajstić information content (AvgIpc) is 2.10. The number of hydroxylamine groups is 1. The van der Waals surface area contributed by atoms with Crippen LogP contribution < -0.4 is 5.48 Å². The number of rotatable bonds is 6. The summed E-state index contributed by atoms with van der Waals surface area (Å²) in [5.41, 5.74) is 1.67. The second kappa shape index (κ2) is 7.10. The van der Waals surface area contributed by atoms with Crippen LogP contribution in [0, 0.1) is 5.92 Å². The van der Waals surface area contributed by atoms with Crippen molar-refractivity contribution in [2.75, 3.05) is 0 Å². The van der Waals surface area contributed by atoms with E-state index >= 15 is 0 Å². The Labute approximate surface area is 74.1 Å². The first-order chi connectivity index (χ1) is 5.72. The molecule has 0 aliphatic heterocycles. The van der Waals surface area contributed by atoms with Crippen LogP contribution in [0.25, 0.3) is 0 Å². The Morgan fingerprint density at radius 3 is 2.58 bits per heavy atom. The summed E-state index contributed by atoms with van der Waals surface area (Å²) in [6.07, 6.45) is 5.56. The maximum atomic E-state index is 10.8. The van der Waals surface area contributed by atoms with Gasteiger partial charge in [-0.25, -0.2) is 5.48 Å². The summed E-state index contributed by atoms with van der Waals surface area (Å²) in [7, 11) is 0. The predicted molar refractivity (Wildman–Crippen MR) is 47.9 cm³/mol. The van der Waals surface area contributed by atoms with Gasteiger partial charge in [0, 0.05) is 5.92 Å². The molecule has 1 atom stereocenters. The van der Waals surface area contributed by atoms with E-state index in [0.717, 1.165) is 12.8 Å². The molecule has 0 fully saturated rings. The van der Waals surface area contributed by atoms with Crippen LogP contribution in [-0.2, 0) is 4.79 Å².